The van der Waals surface area contributed by atoms with Crippen LogP contribution in [0, 0.1) is 0 Å². The van der Waals surface area contributed by atoms with E-state index < -0.39 is 11.9 Å². The zero-order chi connectivity index (χ0) is 13.8. The second-order valence-electron chi connectivity index (χ2n) is 4.68. The van der Waals surface area contributed by atoms with Gasteiger partial charge in [-0.1, -0.05) is 27.2 Å². The number of nitrogens with one attached hydrogen (secondary N) is 1. The molecule has 0 fully saturated rings. The second kappa shape index (κ2) is 6.22. The van der Waals surface area contributed by atoms with Gasteiger partial charge in [-0.25, -0.2) is 0 Å². The molecule has 1 atom stereocenters. The predicted molar refractivity (Wildman–Crippen MR) is 64.3 cm³/mol. The van der Waals surface area contributed by atoms with E-state index in [2.05, 4.69) is 10.4 Å². The van der Waals surface area contributed by atoms with Gasteiger partial charge in [-0.15, -0.1) is 0 Å². The largest absolute Gasteiger partial charge is 0.435 e. The first kappa shape index (κ1) is 15.0. The summed E-state index contributed by atoms with van der Waals surface area (Å²) in [6.45, 7) is 6.65. The molecule has 18 heavy (non-hydrogen) atoms. The lowest BCUT2D eigenvalue weighted by molar-refractivity contribution is -0.141. The minimum atomic E-state index is -4.37. The highest BCUT2D eigenvalue weighted by Gasteiger charge is 2.34. The van der Waals surface area contributed by atoms with Gasteiger partial charge >= 0.3 is 6.18 Å². The highest BCUT2D eigenvalue weighted by molar-refractivity contribution is 5.04. The highest BCUT2D eigenvalue weighted by atomic mass is 19.4. The molecule has 104 valence electrons. The Balaban J connectivity index is 2.76. The molecule has 1 aromatic heterocycles. The second-order valence-corrected chi connectivity index (χ2v) is 4.68. The van der Waals surface area contributed by atoms with E-state index in [1.54, 1.807) is 0 Å². The molecule has 0 aliphatic rings. The Hall–Kier alpha value is -1.04. The summed E-state index contributed by atoms with van der Waals surface area (Å²) < 4.78 is 38.8. The van der Waals surface area contributed by atoms with Crippen LogP contribution in [-0.4, -0.2) is 22.4 Å². The maximum absolute atomic E-state index is 12.5. The molecule has 1 heterocycles. The highest BCUT2D eigenvalue weighted by Crippen LogP contribution is 2.28. The third-order valence-corrected chi connectivity index (χ3v) is 2.66. The predicted octanol–water partition coefficient (Wildman–Crippen LogP) is 3.24. The van der Waals surface area contributed by atoms with Gasteiger partial charge in [0, 0.05) is 18.8 Å². The van der Waals surface area contributed by atoms with E-state index in [9.17, 15) is 13.2 Å². The van der Waals surface area contributed by atoms with Crippen molar-refractivity contribution in [3.8, 4) is 0 Å². The number of hydrogen-bond acceptors (Lipinski definition) is 2. The van der Waals surface area contributed by atoms with Gasteiger partial charge in [-0.05, 0) is 12.5 Å². The molecule has 0 saturated carbocycles. The molecule has 0 amide bonds. The zero-order valence-corrected chi connectivity index (χ0v) is 11.0. The Labute approximate surface area is 105 Å². The van der Waals surface area contributed by atoms with Crippen LogP contribution in [0.25, 0.3) is 0 Å². The quantitative estimate of drug-likeness (QED) is 0.854. The van der Waals surface area contributed by atoms with E-state index in [-0.39, 0.29) is 6.04 Å². The first-order valence-electron chi connectivity index (χ1n) is 6.20. The number of halogens is 3. The van der Waals surface area contributed by atoms with Gasteiger partial charge in [0.2, 0.25) is 0 Å². The summed E-state index contributed by atoms with van der Waals surface area (Å²) >= 11 is 0. The number of rotatable bonds is 6. The van der Waals surface area contributed by atoms with Crippen molar-refractivity contribution < 1.29 is 13.2 Å². The monoisotopic (exact) mass is 263 g/mol. The zero-order valence-electron chi connectivity index (χ0n) is 11.0. The molecular weight excluding hydrogens is 243 g/mol. The Morgan fingerprint density at radius 2 is 2.06 bits per heavy atom. The maximum atomic E-state index is 12.5. The van der Waals surface area contributed by atoms with Gasteiger partial charge in [-0.3, -0.25) is 4.68 Å². The molecule has 1 rings (SSSR count). The van der Waals surface area contributed by atoms with E-state index in [4.69, 9.17) is 0 Å². The minimum Gasteiger partial charge on any atom is -0.312 e. The maximum Gasteiger partial charge on any atom is 0.435 e. The van der Waals surface area contributed by atoms with Gasteiger partial charge in [0.05, 0.1) is 6.04 Å². The van der Waals surface area contributed by atoms with Gasteiger partial charge in [0.25, 0.3) is 0 Å². The Bertz CT molecular complexity index is 358. The molecule has 0 aromatic carbocycles. The van der Waals surface area contributed by atoms with Crippen molar-refractivity contribution in [2.45, 2.75) is 51.9 Å². The fourth-order valence-electron chi connectivity index (χ4n) is 1.73. The molecule has 1 aromatic rings. The van der Waals surface area contributed by atoms with Gasteiger partial charge in [0.15, 0.2) is 5.69 Å². The van der Waals surface area contributed by atoms with Gasteiger partial charge in [0.1, 0.15) is 0 Å². The van der Waals surface area contributed by atoms with Crippen molar-refractivity contribution in [2.75, 3.05) is 6.54 Å². The van der Waals surface area contributed by atoms with E-state index in [1.165, 1.54) is 10.9 Å². The first-order chi connectivity index (χ1) is 8.34. The summed E-state index contributed by atoms with van der Waals surface area (Å²) in [7, 11) is 0. The van der Waals surface area contributed by atoms with Crippen molar-refractivity contribution in [1.82, 2.24) is 15.1 Å². The minimum absolute atomic E-state index is 0.0338. The lowest BCUT2D eigenvalue weighted by atomic mass is 10.1. The third-order valence-electron chi connectivity index (χ3n) is 2.66. The Morgan fingerprint density at radius 1 is 1.39 bits per heavy atom. The van der Waals surface area contributed by atoms with Crippen molar-refractivity contribution >= 4 is 0 Å². The van der Waals surface area contributed by atoms with Crippen LogP contribution in [0.2, 0.25) is 0 Å². The Morgan fingerprint density at radius 3 is 2.50 bits per heavy atom. The first-order valence-corrected chi connectivity index (χ1v) is 6.20. The van der Waals surface area contributed by atoms with Crippen LogP contribution in [0.1, 0.15) is 45.3 Å². The number of aromatic nitrogens is 2. The normalized spacial score (nSPS) is 14.2. The van der Waals surface area contributed by atoms with E-state index in [1.807, 2.05) is 20.8 Å². The molecule has 0 bridgehead atoms. The molecule has 0 saturated heterocycles. The number of nitrogens with zero attached hydrogens (tertiary/aromatic N) is 2. The smallest absolute Gasteiger partial charge is 0.312 e. The van der Waals surface area contributed by atoms with Crippen LogP contribution >= 0.6 is 0 Å². The van der Waals surface area contributed by atoms with Crippen molar-refractivity contribution in [3.05, 3.63) is 18.0 Å². The van der Waals surface area contributed by atoms with Crippen molar-refractivity contribution in [1.29, 1.82) is 0 Å². The van der Waals surface area contributed by atoms with Crippen LogP contribution in [0.15, 0.2) is 12.3 Å². The van der Waals surface area contributed by atoms with Crippen molar-refractivity contribution in [2.24, 2.45) is 0 Å². The molecule has 6 heteroatoms. The third kappa shape index (κ3) is 4.33. The van der Waals surface area contributed by atoms with Crippen LogP contribution in [0.5, 0.6) is 0 Å². The van der Waals surface area contributed by atoms with Crippen LogP contribution in [-0.2, 0) is 6.18 Å². The number of hydrogen-bond donors (Lipinski definition) is 1. The summed E-state index contributed by atoms with van der Waals surface area (Å²) in [5.74, 6) is 0. The van der Waals surface area contributed by atoms with E-state index in [0.717, 1.165) is 18.9 Å². The summed E-state index contributed by atoms with van der Waals surface area (Å²) in [5.41, 5.74) is -0.826. The van der Waals surface area contributed by atoms with Crippen LogP contribution in [0.3, 0.4) is 0 Å². The standard InChI is InChI=1S/C12H20F3N3/c1-4-5-10(8-16-9(2)3)18-7-6-11(17-18)12(13,14)15/h6-7,9-10,16H,4-5,8H2,1-3H3. The van der Waals surface area contributed by atoms with Crippen molar-refractivity contribution in [3.63, 3.8) is 0 Å². The van der Waals surface area contributed by atoms with Crippen LogP contribution < -0.4 is 5.32 Å². The Kier molecular flexibility index (Phi) is 5.19. The van der Waals surface area contributed by atoms with E-state index >= 15 is 0 Å². The summed E-state index contributed by atoms with van der Waals surface area (Å²) in [6, 6.07) is 1.30. The fraction of sp³-hybridized carbons (Fsp3) is 0.750. The molecular formula is C12H20F3N3. The van der Waals surface area contributed by atoms with Gasteiger partial charge in [-0.2, -0.15) is 18.3 Å². The number of alkyl halides is 3. The molecule has 3 nitrogen and oxygen atoms in total. The summed E-state index contributed by atoms with van der Waals surface area (Å²) in [4.78, 5) is 0. The molecule has 1 N–H and O–H groups in total. The summed E-state index contributed by atoms with van der Waals surface area (Å²) in [6.07, 6.45) is -1.25. The SMILES string of the molecule is CCCC(CNC(C)C)n1ccc(C(F)(F)F)n1. The molecule has 0 radical (unpaired) electrons. The topological polar surface area (TPSA) is 29.9 Å². The molecule has 0 spiro atoms. The molecule has 0 aliphatic heterocycles. The van der Waals surface area contributed by atoms with Crippen LogP contribution in [0.4, 0.5) is 13.2 Å². The molecule has 1 unspecified atom stereocenters. The summed E-state index contributed by atoms with van der Waals surface area (Å²) in [5, 5.41) is 6.86. The lowest BCUT2D eigenvalue weighted by Crippen LogP contribution is -2.31. The lowest BCUT2D eigenvalue weighted by Gasteiger charge is -2.19. The average molecular weight is 263 g/mol. The fourth-order valence-corrected chi connectivity index (χ4v) is 1.73. The van der Waals surface area contributed by atoms with Gasteiger partial charge < -0.3 is 5.32 Å². The molecule has 0 aliphatic carbocycles. The van der Waals surface area contributed by atoms with E-state index in [0.29, 0.717) is 12.6 Å². The average Bonchev–Trinajstić information content (AvgIpc) is 2.72.